The first-order valence-electron chi connectivity index (χ1n) is 5.50. The van der Waals surface area contributed by atoms with Gasteiger partial charge >= 0.3 is 0 Å². The Kier molecular flexibility index (Phi) is 3.94. The van der Waals surface area contributed by atoms with Gasteiger partial charge < -0.3 is 10.2 Å². The number of piperazine rings is 1. The van der Waals surface area contributed by atoms with Crippen LogP contribution in [0.4, 0.5) is 4.39 Å². The van der Waals surface area contributed by atoms with E-state index in [0.29, 0.717) is 24.1 Å². The van der Waals surface area contributed by atoms with Crippen LogP contribution < -0.4 is 5.32 Å². The van der Waals surface area contributed by atoms with Crippen molar-refractivity contribution in [3.05, 3.63) is 34.1 Å². The van der Waals surface area contributed by atoms with E-state index in [-0.39, 0.29) is 11.5 Å². The van der Waals surface area contributed by atoms with E-state index >= 15 is 0 Å². The number of nitrogens with one attached hydrogen (secondary N) is 1. The molecule has 1 heterocycles. The summed E-state index contributed by atoms with van der Waals surface area (Å²) in [5.74, 6) is -0.793. The Labute approximate surface area is 113 Å². The molecular formula is C12H11BrFN3O. The number of rotatable bonds is 1. The number of carbonyl (C=O) groups is 1. The Balaban J connectivity index is 2.24. The van der Waals surface area contributed by atoms with Gasteiger partial charge in [0.25, 0.3) is 5.91 Å². The minimum absolute atomic E-state index is 0.262. The highest BCUT2D eigenvalue weighted by Crippen LogP contribution is 2.18. The number of amides is 1. The van der Waals surface area contributed by atoms with Gasteiger partial charge in [0.2, 0.25) is 0 Å². The van der Waals surface area contributed by atoms with E-state index < -0.39 is 11.9 Å². The molecule has 0 bridgehead atoms. The van der Waals surface area contributed by atoms with Crippen molar-refractivity contribution in [2.75, 3.05) is 19.6 Å². The summed E-state index contributed by atoms with van der Waals surface area (Å²) in [5, 5.41) is 12.0. The van der Waals surface area contributed by atoms with Gasteiger partial charge in [-0.3, -0.25) is 4.79 Å². The summed E-state index contributed by atoms with van der Waals surface area (Å²) in [4.78, 5) is 13.7. The van der Waals surface area contributed by atoms with Gasteiger partial charge in [-0.15, -0.1) is 0 Å². The molecule has 6 heteroatoms. The molecule has 0 saturated carbocycles. The first-order valence-corrected chi connectivity index (χ1v) is 6.29. The average Bonchev–Trinajstić information content (AvgIpc) is 2.41. The average molecular weight is 312 g/mol. The van der Waals surface area contributed by atoms with Crippen LogP contribution in [0, 0.1) is 17.1 Å². The molecule has 18 heavy (non-hydrogen) atoms. The number of nitriles is 1. The van der Waals surface area contributed by atoms with Crippen LogP contribution in [0.25, 0.3) is 0 Å². The van der Waals surface area contributed by atoms with Gasteiger partial charge in [0.15, 0.2) is 0 Å². The molecular weight excluding hydrogens is 301 g/mol. The number of carbonyl (C=O) groups excluding carboxylic acids is 1. The SMILES string of the molecule is N#CC1CNCCN1C(=O)c1ccc(Br)c(F)c1. The zero-order valence-corrected chi connectivity index (χ0v) is 11.1. The molecule has 0 aliphatic carbocycles. The second-order valence-electron chi connectivity index (χ2n) is 3.98. The van der Waals surface area contributed by atoms with Crippen molar-refractivity contribution in [2.45, 2.75) is 6.04 Å². The quantitative estimate of drug-likeness (QED) is 0.855. The van der Waals surface area contributed by atoms with Gasteiger partial charge in [-0.25, -0.2) is 4.39 Å². The van der Waals surface area contributed by atoms with Crippen LogP contribution >= 0.6 is 15.9 Å². The lowest BCUT2D eigenvalue weighted by atomic mass is 10.1. The molecule has 2 rings (SSSR count). The maximum atomic E-state index is 13.4. The van der Waals surface area contributed by atoms with Crippen molar-refractivity contribution >= 4 is 21.8 Å². The molecule has 94 valence electrons. The smallest absolute Gasteiger partial charge is 0.255 e. The fourth-order valence-electron chi connectivity index (χ4n) is 1.86. The van der Waals surface area contributed by atoms with Gasteiger partial charge in [-0.1, -0.05) is 0 Å². The fraction of sp³-hybridized carbons (Fsp3) is 0.333. The Morgan fingerprint density at radius 1 is 1.61 bits per heavy atom. The third-order valence-electron chi connectivity index (χ3n) is 2.82. The van der Waals surface area contributed by atoms with E-state index in [0.717, 1.165) is 0 Å². The van der Waals surface area contributed by atoms with Crippen LogP contribution in [0.2, 0.25) is 0 Å². The maximum absolute atomic E-state index is 13.4. The summed E-state index contributed by atoms with van der Waals surface area (Å²) in [5.41, 5.74) is 0.262. The van der Waals surface area contributed by atoms with E-state index in [4.69, 9.17) is 5.26 Å². The van der Waals surface area contributed by atoms with Crippen LogP contribution in [0.1, 0.15) is 10.4 Å². The highest BCUT2D eigenvalue weighted by atomic mass is 79.9. The zero-order valence-electron chi connectivity index (χ0n) is 9.49. The van der Waals surface area contributed by atoms with Crippen molar-refractivity contribution in [1.29, 1.82) is 5.26 Å². The normalized spacial score (nSPS) is 19.4. The lowest BCUT2D eigenvalue weighted by Gasteiger charge is -2.32. The van der Waals surface area contributed by atoms with E-state index in [1.54, 1.807) is 6.07 Å². The monoisotopic (exact) mass is 311 g/mol. The summed E-state index contributed by atoms with van der Waals surface area (Å²) in [6.45, 7) is 1.54. The fourth-order valence-corrected chi connectivity index (χ4v) is 2.10. The molecule has 0 aromatic heterocycles. The van der Waals surface area contributed by atoms with Gasteiger partial charge in [-0.05, 0) is 34.1 Å². The van der Waals surface area contributed by atoms with E-state index in [1.807, 2.05) is 0 Å². The van der Waals surface area contributed by atoms with Gasteiger partial charge in [-0.2, -0.15) is 5.26 Å². The van der Waals surface area contributed by atoms with Gasteiger partial charge in [0, 0.05) is 25.2 Å². The summed E-state index contributed by atoms with van der Waals surface area (Å²) in [7, 11) is 0. The molecule has 1 atom stereocenters. The van der Waals surface area contributed by atoms with Crippen LogP contribution in [0.3, 0.4) is 0 Å². The van der Waals surface area contributed by atoms with Gasteiger partial charge in [0.1, 0.15) is 11.9 Å². The predicted octanol–water partition coefficient (Wildman–Crippen LogP) is 1.53. The minimum Gasteiger partial charge on any atom is -0.320 e. The Hall–Kier alpha value is -1.45. The van der Waals surface area contributed by atoms with Crippen LogP contribution in [-0.2, 0) is 0 Å². The molecule has 1 aliphatic rings. The number of halogens is 2. The minimum atomic E-state index is -0.502. The zero-order chi connectivity index (χ0) is 13.1. The lowest BCUT2D eigenvalue weighted by Crippen LogP contribution is -2.53. The first kappa shape index (κ1) is 13.0. The van der Waals surface area contributed by atoms with Crippen LogP contribution in [0.15, 0.2) is 22.7 Å². The molecule has 1 aromatic rings. The third kappa shape index (κ3) is 2.52. The van der Waals surface area contributed by atoms with E-state index in [2.05, 4.69) is 27.3 Å². The topological polar surface area (TPSA) is 56.1 Å². The second-order valence-corrected chi connectivity index (χ2v) is 4.83. The predicted molar refractivity (Wildman–Crippen MR) is 67.4 cm³/mol. The molecule has 1 unspecified atom stereocenters. The number of hydrogen-bond donors (Lipinski definition) is 1. The molecule has 1 amide bonds. The number of hydrogen-bond acceptors (Lipinski definition) is 3. The molecule has 1 aromatic carbocycles. The molecule has 1 saturated heterocycles. The largest absolute Gasteiger partial charge is 0.320 e. The highest BCUT2D eigenvalue weighted by molar-refractivity contribution is 9.10. The molecule has 4 nitrogen and oxygen atoms in total. The lowest BCUT2D eigenvalue weighted by molar-refractivity contribution is 0.0686. The van der Waals surface area contributed by atoms with Crippen LogP contribution in [0.5, 0.6) is 0 Å². The molecule has 1 N–H and O–H groups in total. The standard InChI is InChI=1S/C12H11BrFN3O/c13-10-2-1-8(5-11(10)14)12(18)17-4-3-16-7-9(17)6-15/h1-2,5,9,16H,3-4,7H2. The van der Waals surface area contributed by atoms with Crippen molar-refractivity contribution in [1.82, 2.24) is 10.2 Å². The molecule has 1 aliphatic heterocycles. The third-order valence-corrected chi connectivity index (χ3v) is 3.46. The molecule has 0 spiro atoms. The summed E-state index contributed by atoms with van der Waals surface area (Å²) >= 11 is 3.04. The number of benzene rings is 1. The van der Waals surface area contributed by atoms with E-state index in [9.17, 15) is 9.18 Å². The summed E-state index contributed by atoms with van der Waals surface area (Å²) in [6.07, 6.45) is 0. The first-order chi connectivity index (χ1) is 8.63. The second kappa shape index (κ2) is 5.46. The van der Waals surface area contributed by atoms with Gasteiger partial charge in [0.05, 0.1) is 10.5 Å². The maximum Gasteiger partial charge on any atom is 0.255 e. The Bertz CT molecular complexity index is 515. The summed E-state index contributed by atoms with van der Waals surface area (Å²) < 4.78 is 13.7. The van der Waals surface area contributed by atoms with Crippen molar-refractivity contribution in [3.63, 3.8) is 0 Å². The van der Waals surface area contributed by atoms with Crippen molar-refractivity contribution in [3.8, 4) is 6.07 Å². The van der Waals surface area contributed by atoms with Crippen molar-refractivity contribution < 1.29 is 9.18 Å². The van der Waals surface area contributed by atoms with Crippen molar-refractivity contribution in [2.24, 2.45) is 0 Å². The summed E-state index contributed by atoms with van der Waals surface area (Å²) in [6, 6.07) is 5.79. The Morgan fingerprint density at radius 2 is 2.39 bits per heavy atom. The molecule has 0 radical (unpaired) electrons. The highest BCUT2D eigenvalue weighted by Gasteiger charge is 2.27. The molecule has 1 fully saturated rings. The Morgan fingerprint density at radius 3 is 3.06 bits per heavy atom. The van der Waals surface area contributed by atoms with E-state index in [1.165, 1.54) is 17.0 Å². The van der Waals surface area contributed by atoms with Crippen LogP contribution in [-0.4, -0.2) is 36.5 Å². The number of nitrogens with zero attached hydrogens (tertiary/aromatic N) is 2.